The predicted molar refractivity (Wildman–Crippen MR) is 85.0 cm³/mol. The highest BCUT2D eigenvalue weighted by Crippen LogP contribution is 2.24. The average Bonchev–Trinajstić information content (AvgIpc) is 2.87. The summed E-state index contributed by atoms with van der Waals surface area (Å²) in [5.41, 5.74) is 2.71. The van der Waals surface area contributed by atoms with E-state index in [1.807, 2.05) is 11.3 Å². The Morgan fingerprint density at radius 2 is 1.68 bits per heavy atom. The van der Waals surface area contributed by atoms with Crippen molar-refractivity contribution in [1.29, 1.82) is 0 Å². The van der Waals surface area contributed by atoms with Crippen LogP contribution >= 0.6 is 11.3 Å². The summed E-state index contributed by atoms with van der Waals surface area (Å²) in [6, 6.07) is 13.9. The first kappa shape index (κ1) is 14.3. The van der Waals surface area contributed by atoms with Gasteiger partial charge in [0.2, 0.25) is 0 Å². The maximum atomic E-state index is 3.60. The summed E-state index contributed by atoms with van der Waals surface area (Å²) >= 11 is 1.94. The van der Waals surface area contributed by atoms with Gasteiger partial charge in [-0.1, -0.05) is 43.7 Å². The normalized spacial score (nSPS) is 12.6. The largest absolute Gasteiger partial charge is 0.310 e. The molecule has 0 spiro atoms. The van der Waals surface area contributed by atoms with Crippen LogP contribution in [0.3, 0.4) is 0 Å². The molecule has 1 atom stereocenters. The van der Waals surface area contributed by atoms with Gasteiger partial charge in [0.05, 0.1) is 0 Å². The Balaban J connectivity index is 2.13. The van der Waals surface area contributed by atoms with Gasteiger partial charge < -0.3 is 5.32 Å². The highest BCUT2D eigenvalue weighted by molar-refractivity contribution is 7.11. The number of likely N-dealkylation sites (N-methyl/N-ethyl adjacent to an activating group) is 1. The number of hydrogen-bond donors (Lipinski definition) is 1. The molecule has 1 aromatic heterocycles. The lowest BCUT2D eigenvalue weighted by Gasteiger charge is -2.18. The number of hydrogen-bond acceptors (Lipinski definition) is 2. The van der Waals surface area contributed by atoms with E-state index in [2.05, 4.69) is 62.5 Å². The van der Waals surface area contributed by atoms with E-state index in [0.29, 0.717) is 6.04 Å². The van der Waals surface area contributed by atoms with E-state index in [9.17, 15) is 0 Å². The first-order chi connectivity index (χ1) is 9.22. The van der Waals surface area contributed by atoms with Crippen LogP contribution in [0.25, 0.3) is 0 Å². The molecule has 0 amide bonds. The second-order valence-corrected chi connectivity index (χ2v) is 6.20. The molecule has 19 heavy (non-hydrogen) atoms. The molecule has 0 aliphatic rings. The number of benzene rings is 1. The summed E-state index contributed by atoms with van der Waals surface area (Å²) in [5.74, 6) is 0. The van der Waals surface area contributed by atoms with Crippen LogP contribution in [0.15, 0.2) is 36.4 Å². The molecule has 1 N–H and O–H groups in total. The van der Waals surface area contributed by atoms with Crippen LogP contribution in [0.4, 0.5) is 0 Å². The molecule has 0 fully saturated rings. The van der Waals surface area contributed by atoms with Crippen molar-refractivity contribution in [1.82, 2.24) is 5.32 Å². The van der Waals surface area contributed by atoms with Gasteiger partial charge in [-0.2, -0.15) is 0 Å². The molecule has 0 saturated carbocycles. The number of thiophene rings is 1. The molecule has 1 unspecified atom stereocenters. The maximum Gasteiger partial charge on any atom is 0.0368 e. The van der Waals surface area contributed by atoms with Crippen LogP contribution in [0, 0.1) is 6.92 Å². The molecule has 0 bridgehead atoms. The van der Waals surface area contributed by atoms with E-state index in [1.54, 1.807) is 0 Å². The SMILES string of the molecule is CCNC(Cc1ccc(CC)s1)c1ccc(C)cc1. The monoisotopic (exact) mass is 273 g/mol. The lowest BCUT2D eigenvalue weighted by molar-refractivity contribution is 0.553. The van der Waals surface area contributed by atoms with Gasteiger partial charge >= 0.3 is 0 Å². The first-order valence-electron chi connectivity index (χ1n) is 7.10. The lowest BCUT2D eigenvalue weighted by Crippen LogP contribution is -2.22. The van der Waals surface area contributed by atoms with Crippen molar-refractivity contribution >= 4 is 11.3 Å². The smallest absolute Gasteiger partial charge is 0.0368 e. The summed E-state index contributed by atoms with van der Waals surface area (Å²) in [6.07, 6.45) is 2.22. The zero-order chi connectivity index (χ0) is 13.7. The molecular weight excluding hydrogens is 250 g/mol. The Morgan fingerprint density at radius 3 is 2.26 bits per heavy atom. The van der Waals surface area contributed by atoms with Crippen molar-refractivity contribution in [2.24, 2.45) is 0 Å². The fourth-order valence-electron chi connectivity index (χ4n) is 2.28. The zero-order valence-corrected chi connectivity index (χ0v) is 12.9. The minimum Gasteiger partial charge on any atom is -0.310 e. The van der Waals surface area contributed by atoms with Gasteiger partial charge in [-0.15, -0.1) is 11.3 Å². The molecule has 1 nitrogen and oxygen atoms in total. The van der Waals surface area contributed by atoms with E-state index >= 15 is 0 Å². The fraction of sp³-hybridized carbons (Fsp3) is 0.412. The second kappa shape index (κ2) is 6.88. The summed E-state index contributed by atoms with van der Waals surface area (Å²) in [4.78, 5) is 2.96. The molecule has 2 heteroatoms. The Hall–Kier alpha value is -1.12. The topological polar surface area (TPSA) is 12.0 Å². The molecule has 0 radical (unpaired) electrons. The van der Waals surface area contributed by atoms with Crippen LogP contribution in [0.5, 0.6) is 0 Å². The molecule has 2 rings (SSSR count). The minimum absolute atomic E-state index is 0.425. The van der Waals surface area contributed by atoms with Crippen LogP contribution in [0.2, 0.25) is 0 Å². The number of nitrogens with one attached hydrogen (secondary N) is 1. The van der Waals surface area contributed by atoms with Crippen LogP contribution in [-0.4, -0.2) is 6.54 Å². The third-order valence-electron chi connectivity index (χ3n) is 3.40. The standard InChI is InChI=1S/C17H23NS/c1-4-15-10-11-16(19-15)12-17(18-5-2)14-8-6-13(3)7-9-14/h6-11,17-18H,4-5,12H2,1-3H3. The first-order valence-corrected chi connectivity index (χ1v) is 7.92. The number of aryl methyl sites for hydroxylation is 2. The Morgan fingerprint density at radius 1 is 1.00 bits per heavy atom. The molecular formula is C17H23NS. The van der Waals surface area contributed by atoms with E-state index < -0.39 is 0 Å². The minimum atomic E-state index is 0.425. The lowest BCUT2D eigenvalue weighted by atomic mass is 10.0. The third-order valence-corrected chi connectivity index (χ3v) is 4.65. The summed E-state index contributed by atoms with van der Waals surface area (Å²) in [6.45, 7) is 7.54. The van der Waals surface area contributed by atoms with Crippen molar-refractivity contribution in [3.8, 4) is 0 Å². The van der Waals surface area contributed by atoms with Crippen LogP contribution in [0.1, 0.15) is 40.8 Å². The van der Waals surface area contributed by atoms with Gasteiger partial charge in [-0.3, -0.25) is 0 Å². The van der Waals surface area contributed by atoms with Crippen molar-refractivity contribution in [3.63, 3.8) is 0 Å². The van der Waals surface area contributed by atoms with E-state index in [1.165, 1.54) is 20.9 Å². The molecule has 0 saturated heterocycles. The van der Waals surface area contributed by atoms with Crippen LogP contribution in [-0.2, 0) is 12.8 Å². The van der Waals surface area contributed by atoms with Gasteiger partial charge in [0.25, 0.3) is 0 Å². The van der Waals surface area contributed by atoms with Crippen molar-refractivity contribution in [2.45, 2.75) is 39.7 Å². The number of rotatable bonds is 6. The molecule has 0 aliphatic heterocycles. The third kappa shape index (κ3) is 3.92. The van der Waals surface area contributed by atoms with Gasteiger partial charge in [-0.25, -0.2) is 0 Å². The molecule has 102 valence electrons. The average molecular weight is 273 g/mol. The van der Waals surface area contributed by atoms with Gasteiger partial charge in [0.15, 0.2) is 0 Å². The maximum absolute atomic E-state index is 3.60. The molecule has 1 heterocycles. The summed E-state index contributed by atoms with van der Waals surface area (Å²) in [7, 11) is 0. The van der Waals surface area contributed by atoms with Gasteiger partial charge in [0, 0.05) is 22.2 Å². The molecule has 2 aromatic rings. The van der Waals surface area contributed by atoms with E-state index in [4.69, 9.17) is 0 Å². The van der Waals surface area contributed by atoms with Crippen molar-refractivity contribution in [2.75, 3.05) is 6.54 Å². The summed E-state index contributed by atoms with van der Waals surface area (Å²) < 4.78 is 0. The van der Waals surface area contributed by atoms with Gasteiger partial charge in [0.1, 0.15) is 0 Å². The highest BCUT2D eigenvalue weighted by Gasteiger charge is 2.12. The molecule has 0 aliphatic carbocycles. The van der Waals surface area contributed by atoms with Crippen molar-refractivity contribution in [3.05, 3.63) is 57.3 Å². The Kier molecular flexibility index (Phi) is 5.17. The predicted octanol–water partition coefficient (Wildman–Crippen LogP) is 4.51. The van der Waals surface area contributed by atoms with Gasteiger partial charge in [-0.05, 0) is 37.6 Å². The molecule has 1 aromatic carbocycles. The Bertz CT molecular complexity index is 498. The highest BCUT2D eigenvalue weighted by atomic mass is 32.1. The van der Waals surface area contributed by atoms with Crippen LogP contribution < -0.4 is 5.32 Å². The quantitative estimate of drug-likeness (QED) is 0.816. The zero-order valence-electron chi connectivity index (χ0n) is 12.1. The Labute approximate surface area is 120 Å². The second-order valence-electron chi connectivity index (χ2n) is 4.95. The fourth-order valence-corrected chi connectivity index (χ4v) is 3.28. The summed E-state index contributed by atoms with van der Waals surface area (Å²) in [5, 5.41) is 3.60. The van der Waals surface area contributed by atoms with E-state index in [-0.39, 0.29) is 0 Å². The van der Waals surface area contributed by atoms with Crippen molar-refractivity contribution < 1.29 is 0 Å². The van der Waals surface area contributed by atoms with E-state index in [0.717, 1.165) is 19.4 Å².